The van der Waals surface area contributed by atoms with E-state index < -0.39 is 0 Å². The molecular weight excluding hydrogens is 308 g/mol. The largest absolute Gasteiger partial charge is 0.358 e. The monoisotopic (exact) mass is 330 g/mol. The summed E-state index contributed by atoms with van der Waals surface area (Å²) in [4.78, 5) is 25.7. The fraction of sp³-hybridized carbons (Fsp3) is 0.500. The van der Waals surface area contributed by atoms with Crippen LogP contribution in [0, 0.1) is 0 Å². The summed E-state index contributed by atoms with van der Waals surface area (Å²) in [7, 11) is 1.64. The van der Waals surface area contributed by atoms with Gasteiger partial charge >= 0.3 is 0 Å². The fourth-order valence-electron chi connectivity index (χ4n) is 2.96. The van der Waals surface area contributed by atoms with Crippen LogP contribution in [0.15, 0.2) is 24.3 Å². The van der Waals surface area contributed by atoms with Crippen LogP contribution in [0.4, 0.5) is 0 Å². The highest BCUT2D eigenvalue weighted by molar-refractivity contribution is 5.80. The minimum Gasteiger partial charge on any atom is -0.358 e. The van der Waals surface area contributed by atoms with E-state index >= 15 is 0 Å². The first-order valence-corrected chi connectivity index (χ1v) is 8.16. The highest BCUT2D eigenvalue weighted by Gasteiger charge is 2.22. The zero-order chi connectivity index (χ0) is 16.9. The summed E-state index contributed by atoms with van der Waals surface area (Å²) in [6.07, 6.45) is 1.70. The second kappa shape index (κ2) is 7.39. The summed E-state index contributed by atoms with van der Waals surface area (Å²) in [5, 5.41) is 13.8. The van der Waals surface area contributed by atoms with Crippen molar-refractivity contribution in [1.29, 1.82) is 0 Å². The number of hydrogen-bond acceptors (Lipinski definition) is 5. The third kappa shape index (κ3) is 3.88. The summed E-state index contributed by atoms with van der Waals surface area (Å²) in [6.45, 7) is 2.20. The fourth-order valence-corrected chi connectivity index (χ4v) is 2.96. The van der Waals surface area contributed by atoms with Crippen molar-refractivity contribution in [2.75, 3.05) is 26.7 Å². The number of amides is 2. The van der Waals surface area contributed by atoms with Crippen molar-refractivity contribution in [1.82, 2.24) is 30.5 Å². The SMILES string of the molecule is CNC(=O)CN1CCC(NC(=O)Cn2nnc3ccccc32)CC1. The van der Waals surface area contributed by atoms with Crippen LogP contribution in [0.5, 0.6) is 0 Å². The van der Waals surface area contributed by atoms with Gasteiger partial charge < -0.3 is 10.6 Å². The van der Waals surface area contributed by atoms with E-state index in [0.717, 1.165) is 37.0 Å². The molecule has 0 unspecified atom stereocenters. The van der Waals surface area contributed by atoms with Crippen LogP contribution in [0.3, 0.4) is 0 Å². The Hall–Kier alpha value is -2.48. The third-order valence-electron chi connectivity index (χ3n) is 4.31. The molecule has 1 fully saturated rings. The van der Waals surface area contributed by atoms with Gasteiger partial charge in [-0.25, -0.2) is 4.68 Å². The minimum absolute atomic E-state index is 0.0237. The van der Waals surface area contributed by atoms with Crippen molar-refractivity contribution >= 4 is 22.8 Å². The number of nitrogens with zero attached hydrogens (tertiary/aromatic N) is 4. The molecule has 0 saturated carbocycles. The van der Waals surface area contributed by atoms with Gasteiger partial charge in [0.25, 0.3) is 0 Å². The van der Waals surface area contributed by atoms with Crippen molar-refractivity contribution in [3.63, 3.8) is 0 Å². The van der Waals surface area contributed by atoms with Crippen molar-refractivity contribution < 1.29 is 9.59 Å². The first-order valence-electron chi connectivity index (χ1n) is 8.16. The van der Waals surface area contributed by atoms with E-state index in [9.17, 15) is 9.59 Å². The Balaban J connectivity index is 1.49. The third-order valence-corrected chi connectivity index (χ3v) is 4.31. The molecule has 128 valence electrons. The predicted octanol–water partition coefficient (Wildman–Crippen LogP) is -0.242. The second-order valence-electron chi connectivity index (χ2n) is 6.03. The lowest BCUT2D eigenvalue weighted by Gasteiger charge is -2.31. The average molecular weight is 330 g/mol. The average Bonchev–Trinajstić information content (AvgIpc) is 2.99. The number of piperidine rings is 1. The van der Waals surface area contributed by atoms with E-state index in [-0.39, 0.29) is 24.4 Å². The predicted molar refractivity (Wildman–Crippen MR) is 89.2 cm³/mol. The van der Waals surface area contributed by atoms with Crippen LogP contribution in [0.25, 0.3) is 11.0 Å². The van der Waals surface area contributed by atoms with E-state index in [1.807, 2.05) is 24.3 Å². The quantitative estimate of drug-likeness (QED) is 0.789. The van der Waals surface area contributed by atoms with Gasteiger partial charge in [0.15, 0.2) is 0 Å². The summed E-state index contributed by atoms with van der Waals surface area (Å²) in [6, 6.07) is 7.72. The molecule has 0 aliphatic carbocycles. The van der Waals surface area contributed by atoms with Gasteiger partial charge in [-0.15, -0.1) is 5.10 Å². The summed E-state index contributed by atoms with van der Waals surface area (Å²) in [5.74, 6) is -0.0362. The van der Waals surface area contributed by atoms with Crippen LogP contribution >= 0.6 is 0 Å². The number of aromatic nitrogens is 3. The number of carbonyl (C=O) groups is 2. The molecule has 1 aromatic carbocycles. The number of fused-ring (bicyclic) bond motifs is 1. The molecule has 8 heteroatoms. The van der Waals surface area contributed by atoms with E-state index in [2.05, 4.69) is 25.8 Å². The van der Waals surface area contributed by atoms with E-state index in [1.165, 1.54) is 0 Å². The summed E-state index contributed by atoms with van der Waals surface area (Å²) in [5.41, 5.74) is 1.64. The lowest BCUT2D eigenvalue weighted by molar-refractivity contribution is -0.124. The lowest BCUT2D eigenvalue weighted by atomic mass is 10.1. The van der Waals surface area contributed by atoms with Gasteiger partial charge in [0, 0.05) is 26.2 Å². The molecule has 2 N–H and O–H groups in total. The first-order chi connectivity index (χ1) is 11.7. The Morgan fingerprint density at radius 1 is 1.17 bits per heavy atom. The van der Waals surface area contributed by atoms with Crippen LogP contribution < -0.4 is 10.6 Å². The number of likely N-dealkylation sites (tertiary alicyclic amines) is 1. The smallest absolute Gasteiger partial charge is 0.242 e. The molecule has 0 bridgehead atoms. The van der Waals surface area contributed by atoms with Gasteiger partial charge in [-0.3, -0.25) is 14.5 Å². The summed E-state index contributed by atoms with van der Waals surface area (Å²) < 4.78 is 1.62. The van der Waals surface area contributed by atoms with Gasteiger partial charge in [-0.05, 0) is 25.0 Å². The molecule has 3 rings (SSSR count). The van der Waals surface area contributed by atoms with Crippen LogP contribution in [0.2, 0.25) is 0 Å². The Bertz CT molecular complexity index is 720. The van der Waals surface area contributed by atoms with Crippen LogP contribution in [-0.2, 0) is 16.1 Å². The molecule has 1 saturated heterocycles. The second-order valence-corrected chi connectivity index (χ2v) is 6.03. The molecule has 0 spiro atoms. The van der Waals surface area contributed by atoms with E-state index in [0.29, 0.717) is 6.54 Å². The van der Waals surface area contributed by atoms with Gasteiger partial charge in [-0.1, -0.05) is 17.3 Å². The maximum Gasteiger partial charge on any atom is 0.242 e. The normalized spacial score (nSPS) is 16.2. The van der Waals surface area contributed by atoms with Gasteiger partial charge in [-0.2, -0.15) is 0 Å². The Morgan fingerprint density at radius 3 is 2.67 bits per heavy atom. The number of nitrogens with one attached hydrogen (secondary N) is 2. The number of benzene rings is 1. The highest BCUT2D eigenvalue weighted by Crippen LogP contribution is 2.11. The first kappa shape index (κ1) is 16.4. The maximum atomic E-state index is 12.3. The molecule has 1 aliphatic rings. The zero-order valence-electron chi connectivity index (χ0n) is 13.7. The Kier molecular flexibility index (Phi) is 5.05. The van der Waals surface area contributed by atoms with Crippen molar-refractivity contribution in [2.45, 2.75) is 25.4 Å². The molecule has 0 radical (unpaired) electrons. The topological polar surface area (TPSA) is 92.2 Å². The maximum absolute atomic E-state index is 12.3. The molecule has 2 heterocycles. The number of para-hydroxylation sites is 1. The molecule has 0 atom stereocenters. The van der Waals surface area contributed by atoms with Crippen molar-refractivity contribution in [3.8, 4) is 0 Å². The molecular formula is C16H22N6O2. The molecule has 2 aromatic rings. The number of hydrogen-bond donors (Lipinski definition) is 2. The molecule has 8 nitrogen and oxygen atoms in total. The van der Waals surface area contributed by atoms with Gasteiger partial charge in [0.2, 0.25) is 11.8 Å². The Labute approximate surface area is 140 Å². The highest BCUT2D eigenvalue weighted by atomic mass is 16.2. The number of rotatable bonds is 5. The molecule has 2 amide bonds. The van der Waals surface area contributed by atoms with Gasteiger partial charge in [0.05, 0.1) is 12.1 Å². The lowest BCUT2D eigenvalue weighted by Crippen LogP contribution is -2.47. The molecule has 1 aliphatic heterocycles. The van der Waals surface area contributed by atoms with E-state index in [4.69, 9.17) is 0 Å². The zero-order valence-corrected chi connectivity index (χ0v) is 13.7. The van der Waals surface area contributed by atoms with Crippen molar-refractivity contribution in [2.24, 2.45) is 0 Å². The molecule has 1 aromatic heterocycles. The van der Waals surface area contributed by atoms with Crippen LogP contribution in [-0.4, -0.2) is 64.4 Å². The number of likely N-dealkylation sites (N-methyl/N-ethyl adjacent to an activating group) is 1. The number of carbonyl (C=O) groups excluding carboxylic acids is 2. The van der Waals surface area contributed by atoms with E-state index in [1.54, 1.807) is 11.7 Å². The molecule has 24 heavy (non-hydrogen) atoms. The summed E-state index contributed by atoms with van der Waals surface area (Å²) >= 11 is 0. The van der Waals surface area contributed by atoms with Crippen LogP contribution in [0.1, 0.15) is 12.8 Å². The Morgan fingerprint density at radius 2 is 1.92 bits per heavy atom. The standard InChI is InChI=1S/C16H22N6O2/c1-17-15(23)10-21-8-6-12(7-9-21)18-16(24)11-22-14-5-3-2-4-13(14)19-20-22/h2-5,12H,6-11H2,1H3,(H,17,23)(H,18,24). The van der Waals surface area contributed by atoms with Gasteiger partial charge in [0.1, 0.15) is 12.1 Å². The minimum atomic E-state index is -0.0598. The van der Waals surface area contributed by atoms with Crippen molar-refractivity contribution in [3.05, 3.63) is 24.3 Å².